The van der Waals surface area contributed by atoms with Crippen molar-refractivity contribution in [1.29, 1.82) is 0 Å². The molecule has 12 heavy (non-hydrogen) atoms. The Kier molecular flexibility index (Phi) is 3.67. The van der Waals surface area contributed by atoms with Gasteiger partial charge in [0, 0.05) is 0 Å². The minimum Gasteiger partial charge on any atom is -0.472 e. The monoisotopic (exact) mass is 212 g/mol. The Labute approximate surface area is 76.1 Å². The first-order valence-electron chi connectivity index (χ1n) is 3.01. The summed E-state index contributed by atoms with van der Waals surface area (Å²) < 4.78 is 28.7. The summed E-state index contributed by atoms with van der Waals surface area (Å²) in [4.78, 5) is 0. The van der Waals surface area contributed by atoms with Crippen molar-refractivity contribution < 1.29 is 13.5 Å². The molecule has 68 valence electrons. The second-order valence-electron chi connectivity index (χ2n) is 1.74. The van der Waals surface area contributed by atoms with Gasteiger partial charge in [0.1, 0.15) is 0 Å². The molecule has 0 N–H and O–H groups in total. The summed E-state index contributed by atoms with van der Waals surface area (Å²) >= 11 is 2.14. The Hall–Kier alpha value is -0.430. The molecule has 0 unspecified atom stereocenters. The van der Waals surface area contributed by atoms with Crippen molar-refractivity contribution >= 4 is 23.1 Å². The summed E-state index contributed by atoms with van der Waals surface area (Å²) in [5, 5.41) is 7.62. The van der Waals surface area contributed by atoms with Gasteiger partial charge in [-0.1, -0.05) is 16.9 Å². The third kappa shape index (κ3) is 2.90. The highest BCUT2D eigenvalue weighted by Gasteiger charge is 2.08. The average molecular weight is 212 g/mol. The molecule has 0 radical (unpaired) electrons. The average Bonchev–Trinajstić information content (AvgIpc) is 2.48. The molecular weight excluding hydrogens is 206 g/mol. The Bertz CT molecular complexity index is 243. The fourth-order valence-electron chi connectivity index (χ4n) is 0.472. The zero-order valence-corrected chi connectivity index (χ0v) is 7.79. The van der Waals surface area contributed by atoms with Crippen LogP contribution in [0.4, 0.5) is 8.78 Å². The van der Waals surface area contributed by atoms with E-state index in [0.717, 1.165) is 23.1 Å². The molecule has 7 heteroatoms. The van der Waals surface area contributed by atoms with Crippen LogP contribution >= 0.6 is 23.1 Å². The van der Waals surface area contributed by atoms with Crippen molar-refractivity contribution in [3.05, 3.63) is 0 Å². The zero-order chi connectivity index (χ0) is 8.97. The standard InChI is InChI=1S/C5H6F2N2OS2/c1-10-4-8-9-5(12-4)11-2-3(6)7/h3H,2H2,1H3. The molecule has 3 nitrogen and oxygen atoms in total. The van der Waals surface area contributed by atoms with Crippen molar-refractivity contribution in [2.45, 2.75) is 10.8 Å². The molecule has 0 atom stereocenters. The van der Waals surface area contributed by atoms with E-state index in [1.165, 1.54) is 7.11 Å². The number of ether oxygens (including phenoxy) is 1. The summed E-state index contributed by atoms with van der Waals surface area (Å²) in [7, 11) is 1.46. The van der Waals surface area contributed by atoms with E-state index in [2.05, 4.69) is 10.2 Å². The van der Waals surface area contributed by atoms with Crippen LogP contribution in [0, 0.1) is 0 Å². The van der Waals surface area contributed by atoms with E-state index in [1.54, 1.807) is 0 Å². The number of aromatic nitrogens is 2. The molecule has 1 rings (SSSR count). The van der Waals surface area contributed by atoms with Crippen molar-refractivity contribution in [3.63, 3.8) is 0 Å². The van der Waals surface area contributed by atoms with Gasteiger partial charge in [-0.05, 0) is 11.3 Å². The van der Waals surface area contributed by atoms with Gasteiger partial charge in [-0.3, -0.25) is 0 Å². The molecule has 1 aromatic rings. The fourth-order valence-corrected chi connectivity index (χ4v) is 1.89. The molecule has 0 spiro atoms. The molecule has 0 saturated heterocycles. The number of methoxy groups -OCH3 is 1. The summed E-state index contributed by atoms with van der Waals surface area (Å²) in [6, 6.07) is 0. The number of nitrogens with zero attached hydrogens (tertiary/aromatic N) is 2. The summed E-state index contributed by atoms with van der Waals surface area (Å²) in [5.74, 6) is -0.252. The Morgan fingerprint density at radius 3 is 2.83 bits per heavy atom. The van der Waals surface area contributed by atoms with Crippen LogP contribution in [0.15, 0.2) is 4.34 Å². The van der Waals surface area contributed by atoms with E-state index in [-0.39, 0.29) is 5.75 Å². The Morgan fingerprint density at radius 1 is 1.58 bits per heavy atom. The first-order chi connectivity index (χ1) is 5.72. The van der Waals surface area contributed by atoms with Gasteiger partial charge in [0.2, 0.25) is 6.43 Å². The minimum atomic E-state index is -2.31. The second kappa shape index (κ2) is 4.56. The van der Waals surface area contributed by atoms with Gasteiger partial charge in [0.15, 0.2) is 4.34 Å². The van der Waals surface area contributed by atoms with Crippen LogP contribution in [0.5, 0.6) is 5.19 Å². The zero-order valence-electron chi connectivity index (χ0n) is 6.16. The Balaban J connectivity index is 2.41. The van der Waals surface area contributed by atoms with Gasteiger partial charge < -0.3 is 4.74 Å². The van der Waals surface area contributed by atoms with E-state index in [4.69, 9.17) is 4.74 Å². The highest BCUT2D eigenvalue weighted by Crippen LogP contribution is 2.27. The van der Waals surface area contributed by atoms with Gasteiger partial charge in [-0.25, -0.2) is 8.78 Å². The molecule has 0 amide bonds. The van der Waals surface area contributed by atoms with Crippen molar-refractivity contribution in [3.8, 4) is 5.19 Å². The van der Waals surface area contributed by atoms with E-state index in [0.29, 0.717) is 9.53 Å². The van der Waals surface area contributed by atoms with Crippen LogP contribution in [-0.4, -0.2) is 29.5 Å². The predicted molar refractivity (Wildman–Crippen MR) is 43.2 cm³/mol. The molecule has 0 saturated carbocycles. The maximum atomic E-state index is 11.7. The predicted octanol–water partition coefficient (Wildman–Crippen LogP) is 1.90. The first-order valence-corrected chi connectivity index (χ1v) is 4.81. The van der Waals surface area contributed by atoms with Gasteiger partial charge in [0.05, 0.1) is 12.9 Å². The number of hydrogen-bond donors (Lipinski definition) is 0. The molecule has 0 aliphatic carbocycles. The van der Waals surface area contributed by atoms with Gasteiger partial charge >= 0.3 is 0 Å². The number of halogens is 2. The summed E-state index contributed by atoms with van der Waals surface area (Å²) in [6.07, 6.45) is -2.31. The topological polar surface area (TPSA) is 35.0 Å². The smallest absolute Gasteiger partial charge is 0.294 e. The fraction of sp³-hybridized carbons (Fsp3) is 0.600. The molecule has 1 heterocycles. The lowest BCUT2D eigenvalue weighted by Crippen LogP contribution is -1.92. The van der Waals surface area contributed by atoms with Gasteiger partial charge in [0.25, 0.3) is 5.19 Å². The van der Waals surface area contributed by atoms with E-state index in [9.17, 15) is 8.78 Å². The maximum Gasteiger partial charge on any atom is 0.294 e. The molecule has 1 aromatic heterocycles. The van der Waals surface area contributed by atoms with Gasteiger partial charge in [-0.15, -0.1) is 5.10 Å². The lowest BCUT2D eigenvalue weighted by atomic mass is 10.9. The van der Waals surface area contributed by atoms with Crippen LogP contribution in [0.25, 0.3) is 0 Å². The molecule has 0 bridgehead atoms. The number of hydrogen-bond acceptors (Lipinski definition) is 5. The normalized spacial score (nSPS) is 10.7. The first kappa shape index (κ1) is 9.66. The van der Waals surface area contributed by atoms with Crippen LogP contribution in [0.1, 0.15) is 0 Å². The van der Waals surface area contributed by atoms with Crippen molar-refractivity contribution in [2.24, 2.45) is 0 Å². The van der Waals surface area contributed by atoms with E-state index in [1.807, 2.05) is 0 Å². The van der Waals surface area contributed by atoms with Crippen LogP contribution in [0.3, 0.4) is 0 Å². The van der Waals surface area contributed by atoms with E-state index < -0.39 is 6.43 Å². The molecule has 0 aliphatic rings. The number of rotatable bonds is 4. The van der Waals surface area contributed by atoms with Crippen molar-refractivity contribution in [1.82, 2.24) is 10.2 Å². The molecule has 0 fully saturated rings. The summed E-state index contributed by atoms with van der Waals surface area (Å²) in [6.45, 7) is 0. The van der Waals surface area contributed by atoms with E-state index >= 15 is 0 Å². The number of thioether (sulfide) groups is 1. The Morgan fingerprint density at radius 2 is 2.33 bits per heavy atom. The van der Waals surface area contributed by atoms with Gasteiger partial charge in [-0.2, -0.15) is 0 Å². The molecular formula is C5H6F2N2OS2. The van der Waals surface area contributed by atoms with Crippen LogP contribution in [0.2, 0.25) is 0 Å². The third-order valence-electron chi connectivity index (χ3n) is 0.895. The quantitative estimate of drug-likeness (QED) is 0.714. The van der Waals surface area contributed by atoms with Crippen molar-refractivity contribution in [2.75, 3.05) is 12.9 Å². The lowest BCUT2D eigenvalue weighted by Gasteiger charge is -1.92. The summed E-state index contributed by atoms with van der Waals surface area (Å²) in [5.41, 5.74) is 0. The molecule has 0 aromatic carbocycles. The third-order valence-corrected chi connectivity index (χ3v) is 2.93. The van der Waals surface area contributed by atoms with Crippen LogP contribution in [-0.2, 0) is 0 Å². The highest BCUT2D eigenvalue weighted by atomic mass is 32.2. The maximum absolute atomic E-state index is 11.7. The SMILES string of the molecule is COc1nnc(SCC(F)F)s1. The highest BCUT2D eigenvalue weighted by molar-refractivity contribution is 8.01. The van der Waals surface area contributed by atoms with Crippen LogP contribution < -0.4 is 4.74 Å². The molecule has 0 aliphatic heterocycles. The second-order valence-corrected chi connectivity index (χ2v) is 3.95. The largest absolute Gasteiger partial charge is 0.472 e. The minimum absolute atomic E-state index is 0.252. The lowest BCUT2D eigenvalue weighted by molar-refractivity contribution is 0.177. The number of alkyl halides is 2.